The lowest BCUT2D eigenvalue weighted by Crippen LogP contribution is -2.35. The maximum absolute atomic E-state index is 12.4. The standard InChI is InChI=1S/C33H42F3N5O2/c1-5-6-14-27(26(4)40-41(24-37)29-18-20-30(21-19-29)43-33(34,35)36)15-10-8-7-9-13-22-38-32(42)39-23-28-16-11-12-17-31(28)25(2)3/h5,10-12,14-21,24-25,37H,1,6-9,13,22-23H2,2-4H3,(H2,38,39,42)/b15-10-,27-14+,37-24?,40-26-. The Morgan fingerprint density at radius 1 is 1.09 bits per heavy atom. The zero-order chi connectivity index (χ0) is 31.7. The van der Waals surface area contributed by atoms with Crippen molar-refractivity contribution in [1.82, 2.24) is 10.6 Å². The van der Waals surface area contributed by atoms with E-state index in [9.17, 15) is 18.0 Å². The second-order valence-electron chi connectivity index (χ2n) is 10.1. The molecule has 0 aliphatic rings. The first-order valence-corrected chi connectivity index (χ1v) is 14.3. The highest BCUT2D eigenvalue weighted by atomic mass is 19.4. The number of alkyl halides is 3. The van der Waals surface area contributed by atoms with Gasteiger partial charge in [0, 0.05) is 13.1 Å². The molecule has 2 aromatic carbocycles. The van der Waals surface area contributed by atoms with Crippen LogP contribution in [0.15, 0.2) is 90.1 Å². The fraction of sp³-hybridized carbons (Fsp3) is 0.364. The minimum atomic E-state index is -4.78. The summed E-state index contributed by atoms with van der Waals surface area (Å²) in [6.07, 6.45) is 8.19. The molecule has 0 heterocycles. The lowest BCUT2D eigenvalue weighted by Gasteiger charge is -2.16. The molecule has 0 aliphatic carbocycles. The van der Waals surface area contributed by atoms with Crippen molar-refractivity contribution in [1.29, 1.82) is 5.41 Å². The van der Waals surface area contributed by atoms with Crippen molar-refractivity contribution in [2.75, 3.05) is 11.6 Å². The normalized spacial score (nSPS) is 12.3. The molecular weight excluding hydrogens is 555 g/mol. The van der Waals surface area contributed by atoms with Gasteiger partial charge < -0.3 is 15.4 Å². The van der Waals surface area contributed by atoms with Crippen LogP contribution >= 0.6 is 0 Å². The van der Waals surface area contributed by atoms with E-state index in [1.807, 2.05) is 30.4 Å². The van der Waals surface area contributed by atoms with E-state index in [0.717, 1.165) is 43.2 Å². The van der Waals surface area contributed by atoms with Gasteiger partial charge in [-0.3, -0.25) is 5.41 Å². The fourth-order valence-corrected chi connectivity index (χ4v) is 4.20. The Hall–Kier alpha value is -4.34. The molecule has 0 aromatic heterocycles. The number of carbonyl (C=O) groups is 1. The number of nitrogens with zero attached hydrogens (tertiary/aromatic N) is 2. The highest BCUT2D eigenvalue weighted by Gasteiger charge is 2.31. The Bertz CT molecular complexity index is 1270. The van der Waals surface area contributed by atoms with Crippen molar-refractivity contribution < 1.29 is 22.7 Å². The molecule has 7 nitrogen and oxygen atoms in total. The van der Waals surface area contributed by atoms with Gasteiger partial charge in [0.05, 0.1) is 11.4 Å². The van der Waals surface area contributed by atoms with Crippen molar-refractivity contribution in [3.05, 3.63) is 96.1 Å². The first kappa shape index (κ1) is 34.9. The van der Waals surface area contributed by atoms with Crippen LogP contribution in [-0.4, -0.2) is 31.0 Å². The number of rotatable bonds is 17. The molecular formula is C33H42F3N5O2. The number of ether oxygens (including phenoxy) is 1. The summed E-state index contributed by atoms with van der Waals surface area (Å²) in [6, 6.07) is 13.1. The van der Waals surface area contributed by atoms with E-state index in [4.69, 9.17) is 5.41 Å². The minimum absolute atomic E-state index is 0.172. The summed E-state index contributed by atoms with van der Waals surface area (Å²) in [5, 5.41) is 19.3. The molecule has 0 radical (unpaired) electrons. The Kier molecular flexibility index (Phi) is 14.8. The van der Waals surface area contributed by atoms with Crippen LogP contribution in [-0.2, 0) is 6.54 Å². The number of benzene rings is 2. The van der Waals surface area contributed by atoms with Gasteiger partial charge >= 0.3 is 12.4 Å². The quantitative estimate of drug-likeness (QED) is 0.0426. The maximum Gasteiger partial charge on any atom is 0.573 e. The predicted octanol–water partition coefficient (Wildman–Crippen LogP) is 8.62. The molecule has 43 heavy (non-hydrogen) atoms. The molecule has 0 saturated carbocycles. The smallest absolute Gasteiger partial charge is 0.406 e. The summed E-state index contributed by atoms with van der Waals surface area (Å²) in [5.74, 6) is 0.0474. The maximum atomic E-state index is 12.4. The van der Waals surface area contributed by atoms with Crippen molar-refractivity contribution in [2.24, 2.45) is 5.10 Å². The average Bonchev–Trinajstić information content (AvgIpc) is 2.97. The van der Waals surface area contributed by atoms with Gasteiger partial charge in [-0.25, -0.2) is 9.80 Å². The number of carbonyl (C=O) groups excluding carboxylic acids is 1. The molecule has 0 bridgehead atoms. The van der Waals surface area contributed by atoms with Crippen LogP contribution in [0.3, 0.4) is 0 Å². The number of nitrogens with one attached hydrogen (secondary N) is 3. The summed E-state index contributed by atoms with van der Waals surface area (Å²) >= 11 is 0. The number of urea groups is 1. The monoisotopic (exact) mass is 597 g/mol. The average molecular weight is 598 g/mol. The number of unbranched alkanes of at least 4 members (excludes halogenated alkanes) is 3. The van der Waals surface area contributed by atoms with Crippen LogP contribution in [0.2, 0.25) is 0 Å². The van der Waals surface area contributed by atoms with Gasteiger partial charge in [-0.2, -0.15) is 5.10 Å². The summed E-state index contributed by atoms with van der Waals surface area (Å²) in [4.78, 5) is 12.2. The highest BCUT2D eigenvalue weighted by Crippen LogP contribution is 2.25. The van der Waals surface area contributed by atoms with Gasteiger partial charge in [0.1, 0.15) is 12.1 Å². The molecule has 0 aliphatic heterocycles. The molecule has 2 amide bonds. The largest absolute Gasteiger partial charge is 0.573 e. The van der Waals surface area contributed by atoms with Crippen molar-refractivity contribution in [3.8, 4) is 5.75 Å². The lowest BCUT2D eigenvalue weighted by atomic mass is 9.97. The Morgan fingerprint density at radius 2 is 1.81 bits per heavy atom. The van der Waals surface area contributed by atoms with E-state index >= 15 is 0 Å². The van der Waals surface area contributed by atoms with E-state index in [0.29, 0.717) is 36.8 Å². The van der Waals surface area contributed by atoms with E-state index < -0.39 is 6.36 Å². The number of hydrazone groups is 1. The predicted molar refractivity (Wildman–Crippen MR) is 169 cm³/mol. The minimum Gasteiger partial charge on any atom is -0.406 e. The number of hydrogen-bond acceptors (Lipinski definition) is 4. The Morgan fingerprint density at radius 3 is 2.47 bits per heavy atom. The zero-order valence-corrected chi connectivity index (χ0v) is 25.1. The SMILES string of the molecule is C=CC/C=C(\C=C/CCCCCNC(=O)NCc1ccccc1C(C)C)C(/C)=N\N(C=N)c1ccc(OC(F)(F)F)cc1. The second-order valence-corrected chi connectivity index (χ2v) is 10.1. The molecule has 2 aromatic rings. The molecule has 0 saturated heterocycles. The molecule has 0 fully saturated rings. The summed E-state index contributed by atoms with van der Waals surface area (Å²) in [7, 11) is 0. The van der Waals surface area contributed by atoms with Gasteiger partial charge in [-0.05, 0) is 79.5 Å². The number of allylic oxidation sites excluding steroid dienone is 5. The first-order chi connectivity index (χ1) is 20.5. The highest BCUT2D eigenvalue weighted by molar-refractivity contribution is 6.02. The van der Waals surface area contributed by atoms with E-state index in [1.165, 1.54) is 34.8 Å². The molecule has 2 rings (SSSR count). The number of amides is 2. The molecule has 232 valence electrons. The Balaban J connectivity index is 1.81. The zero-order valence-electron chi connectivity index (χ0n) is 25.1. The van der Waals surface area contributed by atoms with Crippen LogP contribution < -0.4 is 20.4 Å². The van der Waals surface area contributed by atoms with Crippen LogP contribution in [0.1, 0.15) is 69.9 Å². The van der Waals surface area contributed by atoms with Gasteiger partial charge in [-0.15, -0.1) is 19.8 Å². The first-order valence-electron chi connectivity index (χ1n) is 14.3. The van der Waals surface area contributed by atoms with E-state index in [1.54, 1.807) is 13.0 Å². The van der Waals surface area contributed by atoms with Crippen LogP contribution in [0.5, 0.6) is 5.75 Å². The lowest BCUT2D eigenvalue weighted by molar-refractivity contribution is -0.274. The Labute approximate surface area is 252 Å². The third kappa shape index (κ3) is 13.5. The second kappa shape index (κ2) is 18.3. The molecule has 0 unspecified atom stereocenters. The summed E-state index contributed by atoms with van der Waals surface area (Å²) in [6.45, 7) is 10.9. The third-order valence-corrected chi connectivity index (χ3v) is 6.38. The topological polar surface area (TPSA) is 89.8 Å². The molecule has 0 spiro atoms. The van der Waals surface area contributed by atoms with Gasteiger partial charge in [-0.1, -0.05) is 68.8 Å². The van der Waals surface area contributed by atoms with Crippen molar-refractivity contribution in [2.45, 2.75) is 71.7 Å². The van der Waals surface area contributed by atoms with Crippen LogP contribution in [0.25, 0.3) is 0 Å². The van der Waals surface area contributed by atoms with E-state index in [-0.39, 0.29) is 11.8 Å². The number of anilines is 1. The number of hydrogen-bond donors (Lipinski definition) is 3. The van der Waals surface area contributed by atoms with Crippen LogP contribution in [0.4, 0.5) is 23.7 Å². The van der Waals surface area contributed by atoms with Gasteiger partial charge in [0.25, 0.3) is 0 Å². The number of halogens is 3. The molecule has 3 N–H and O–H groups in total. The molecule has 0 atom stereocenters. The fourth-order valence-electron chi connectivity index (χ4n) is 4.20. The molecule has 10 heteroatoms. The van der Waals surface area contributed by atoms with Crippen molar-refractivity contribution in [3.63, 3.8) is 0 Å². The van der Waals surface area contributed by atoms with Crippen LogP contribution in [0, 0.1) is 5.41 Å². The van der Waals surface area contributed by atoms with E-state index in [2.05, 4.69) is 53.0 Å². The third-order valence-electron chi connectivity index (χ3n) is 6.38. The van der Waals surface area contributed by atoms with Gasteiger partial charge in [0.2, 0.25) is 0 Å². The van der Waals surface area contributed by atoms with Gasteiger partial charge in [0.15, 0.2) is 0 Å². The van der Waals surface area contributed by atoms with Crippen molar-refractivity contribution >= 4 is 23.8 Å². The summed E-state index contributed by atoms with van der Waals surface area (Å²) < 4.78 is 41.2. The summed E-state index contributed by atoms with van der Waals surface area (Å²) in [5.41, 5.74) is 4.25.